The Kier molecular flexibility index (Phi) is 9.46. The second-order valence-corrected chi connectivity index (χ2v) is 6.84. The minimum atomic E-state index is -0.478. The highest BCUT2D eigenvalue weighted by Crippen LogP contribution is 2.26. The summed E-state index contributed by atoms with van der Waals surface area (Å²) in [5.41, 5.74) is 6.21. The third-order valence-electron chi connectivity index (χ3n) is 3.88. The van der Waals surface area contributed by atoms with Crippen LogP contribution in [0.2, 0.25) is 0 Å². The third kappa shape index (κ3) is 7.75. The molecule has 7 nitrogen and oxygen atoms in total. The molecule has 0 heterocycles. The van der Waals surface area contributed by atoms with Crippen molar-refractivity contribution in [3.8, 4) is 11.5 Å². The second kappa shape index (κ2) is 12.1. The number of carbonyl (C=O) groups excluding carboxylic acids is 2. The SMILES string of the molecule is CCOCCOc1cccc(C(=O)NNC(=O)COc2ccc(CC)cc2Br)c1. The molecule has 0 aliphatic rings. The lowest BCUT2D eigenvalue weighted by molar-refractivity contribution is -0.123. The Balaban J connectivity index is 1.79. The monoisotopic (exact) mass is 464 g/mol. The number of halogens is 1. The fraction of sp³-hybridized carbons (Fsp3) is 0.333. The Labute approximate surface area is 178 Å². The highest BCUT2D eigenvalue weighted by Gasteiger charge is 2.10. The van der Waals surface area contributed by atoms with E-state index in [2.05, 4.69) is 33.7 Å². The summed E-state index contributed by atoms with van der Waals surface area (Å²) in [7, 11) is 0. The van der Waals surface area contributed by atoms with E-state index in [9.17, 15) is 9.59 Å². The Bertz CT molecular complexity index is 828. The molecule has 8 heteroatoms. The standard InChI is InChI=1S/C21H25BrN2O5/c1-3-15-8-9-19(18(22)12-15)29-14-20(25)23-24-21(26)16-6-5-7-17(13-16)28-11-10-27-4-2/h5-9,12-13H,3-4,10-11,14H2,1-2H3,(H,23,25)(H,24,26). The van der Waals surface area contributed by atoms with Gasteiger partial charge in [0.15, 0.2) is 6.61 Å². The van der Waals surface area contributed by atoms with Gasteiger partial charge in [-0.3, -0.25) is 20.4 Å². The van der Waals surface area contributed by atoms with Gasteiger partial charge in [0, 0.05) is 12.2 Å². The Hall–Kier alpha value is -2.58. The highest BCUT2D eigenvalue weighted by atomic mass is 79.9. The molecule has 0 radical (unpaired) electrons. The lowest BCUT2D eigenvalue weighted by Crippen LogP contribution is -2.43. The molecule has 2 rings (SSSR count). The molecule has 2 N–H and O–H groups in total. The van der Waals surface area contributed by atoms with Crippen molar-refractivity contribution in [2.24, 2.45) is 0 Å². The van der Waals surface area contributed by atoms with Crippen molar-refractivity contribution in [3.63, 3.8) is 0 Å². The van der Waals surface area contributed by atoms with E-state index >= 15 is 0 Å². The first kappa shape index (κ1) is 22.7. The van der Waals surface area contributed by atoms with Gasteiger partial charge in [-0.1, -0.05) is 19.1 Å². The van der Waals surface area contributed by atoms with Crippen LogP contribution in [0.15, 0.2) is 46.9 Å². The van der Waals surface area contributed by atoms with Gasteiger partial charge in [0.05, 0.1) is 11.1 Å². The van der Waals surface area contributed by atoms with E-state index in [1.54, 1.807) is 30.3 Å². The molecule has 29 heavy (non-hydrogen) atoms. The van der Waals surface area contributed by atoms with Crippen LogP contribution in [-0.2, 0) is 16.0 Å². The summed E-state index contributed by atoms with van der Waals surface area (Å²) in [4.78, 5) is 24.2. The molecular weight excluding hydrogens is 440 g/mol. The topological polar surface area (TPSA) is 85.9 Å². The van der Waals surface area contributed by atoms with Gasteiger partial charge in [-0.05, 0) is 65.2 Å². The fourth-order valence-corrected chi connectivity index (χ4v) is 2.89. The van der Waals surface area contributed by atoms with E-state index in [1.165, 1.54) is 0 Å². The average Bonchev–Trinajstić information content (AvgIpc) is 2.74. The highest BCUT2D eigenvalue weighted by molar-refractivity contribution is 9.10. The van der Waals surface area contributed by atoms with Crippen molar-refractivity contribution in [1.82, 2.24) is 10.9 Å². The van der Waals surface area contributed by atoms with Gasteiger partial charge in [0.2, 0.25) is 0 Å². The summed E-state index contributed by atoms with van der Waals surface area (Å²) >= 11 is 3.42. The minimum Gasteiger partial charge on any atom is -0.491 e. The molecule has 0 saturated carbocycles. The maximum absolute atomic E-state index is 12.2. The lowest BCUT2D eigenvalue weighted by atomic mass is 10.2. The maximum Gasteiger partial charge on any atom is 0.276 e. The first-order chi connectivity index (χ1) is 14.0. The number of hydrogen-bond donors (Lipinski definition) is 2. The van der Waals surface area contributed by atoms with Crippen LogP contribution in [0.5, 0.6) is 11.5 Å². The van der Waals surface area contributed by atoms with E-state index in [0.29, 0.717) is 36.9 Å². The van der Waals surface area contributed by atoms with Crippen molar-refractivity contribution in [1.29, 1.82) is 0 Å². The average molecular weight is 465 g/mol. The van der Waals surface area contributed by atoms with E-state index in [0.717, 1.165) is 16.5 Å². The summed E-state index contributed by atoms with van der Waals surface area (Å²) in [6.45, 7) is 5.22. The van der Waals surface area contributed by atoms with E-state index < -0.39 is 11.8 Å². The molecule has 2 aromatic rings. The van der Waals surface area contributed by atoms with E-state index in [4.69, 9.17) is 14.2 Å². The van der Waals surface area contributed by atoms with Crippen molar-refractivity contribution < 1.29 is 23.8 Å². The van der Waals surface area contributed by atoms with Crippen molar-refractivity contribution in [3.05, 3.63) is 58.1 Å². The van der Waals surface area contributed by atoms with Crippen molar-refractivity contribution in [2.75, 3.05) is 26.4 Å². The van der Waals surface area contributed by atoms with E-state index in [1.807, 2.05) is 19.1 Å². The normalized spacial score (nSPS) is 10.3. The van der Waals surface area contributed by atoms with Crippen LogP contribution in [0.3, 0.4) is 0 Å². The molecular formula is C21H25BrN2O5. The molecule has 0 spiro atoms. The summed E-state index contributed by atoms with van der Waals surface area (Å²) in [6.07, 6.45) is 0.907. The van der Waals surface area contributed by atoms with E-state index in [-0.39, 0.29) is 6.61 Å². The molecule has 0 aliphatic heterocycles. The van der Waals surface area contributed by atoms with Crippen molar-refractivity contribution >= 4 is 27.7 Å². The summed E-state index contributed by atoms with van der Waals surface area (Å²) in [6, 6.07) is 12.3. The predicted molar refractivity (Wildman–Crippen MR) is 113 cm³/mol. The van der Waals surface area contributed by atoms with Gasteiger partial charge >= 0.3 is 0 Å². The lowest BCUT2D eigenvalue weighted by Gasteiger charge is -2.11. The number of amides is 2. The second-order valence-electron chi connectivity index (χ2n) is 5.98. The largest absolute Gasteiger partial charge is 0.491 e. The van der Waals surface area contributed by atoms with Crippen LogP contribution in [0, 0.1) is 0 Å². The molecule has 2 aromatic carbocycles. The van der Waals surface area contributed by atoms with Gasteiger partial charge in [0.1, 0.15) is 18.1 Å². The summed E-state index contributed by atoms with van der Waals surface area (Å²) in [5, 5.41) is 0. The van der Waals surface area contributed by atoms with Crippen LogP contribution in [0.4, 0.5) is 0 Å². The van der Waals surface area contributed by atoms with Gasteiger partial charge < -0.3 is 14.2 Å². The Morgan fingerprint density at radius 2 is 1.83 bits per heavy atom. The van der Waals surface area contributed by atoms with Crippen molar-refractivity contribution in [2.45, 2.75) is 20.3 Å². The van der Waals surface area contributed by atoms with Gasteiger partial charge in [-0.2, -0.15) is 0 Å². The molecule has 0 aliphatic carbocycles. The Morgan fingerprint density at radius 1 is 1.00 bits per heavy atom. The fourth-order valence-electron chi connectivity index (χ4n) is 2.35. The first-order valence-corrected chi connectivity index (χ1v) is 10.1. The summed E-state index contributed by atoms with van der Waals surface area (Å²) in [5.74, 6) is 0.170. The number of carbonyl (C=O) groups is 2. The number of benzene rings is 2. The summed E-state index contributed by atoms with van der Waals surface area (Å²) < 4.78 is 17.0. The number of nitrogens with one attached hydrogen (secondary N) is 2. The first-order valence-electron chi connectivity index (χ1n) is 9.34. The third-order valence-corrected chi connectivity index (χ3v) is 4.50. The van der Waals surface area contributed by atoms with Gasteiger partial charge in [-0.25, -0.2) is 0 Å². The molecule has 0 unspecified atom stereocenters. The quantitative estimate of drug-likeness (QED) is 0.416. The van der Waals surface area contributed by atoms with Crippen LogP contribution < -0.4 is 20.3 Å². The zero-order chi connectivity index (χ0) is 21.1. The number of rotatable bonds is 10. The Morgan fingerprint density at radius 3 is 2.55 bits per heavy atom. The van der Waals surface area contributed by atoms with Crippen LogP contribution in [0.25, 0.3) is 0 Å². The molecule has 0 bridgehead atoms. The van der Waals surface area contributed by atoms with Gasteiger partial charge in [-0.15, -0.1) is 0 Å². The predicted octanol–water partition coefficient (Wildman–Crippen LogP) is 3.27. The zero-order valence-corrected chi connectivity index (χ0v) is 18.1. The molecule has 0 aromatic heterocycles. The number of hydrazine groups is 1. The molecule has 0 fully saturated rings. The maximum atomic E-state index is 12.2. The number of ether oxygens (including phenoxy) is 3. The molecule has 0 saturated heterocycles. The van der Waals surface area contributed by atoms with Crippen LogP contribution in [-0.4, -0.2) is 38.2 Å². The molecule has 156 valence electrons. The molecule has 0 atom stereocenters. The van der Waals surface area contributed by atoms with Gasteiger partial charge in [0.25, 0.3) is 11.8 Å². The number of aryl methyl sites for hydroxylation is 1. The smallest absolute Gasteiger partial charge is 0.276 e. The molecule has 2 amide bonds. The van der Waals surface area contributed by atoms with Crippen LogP contribution >= 0.6 is 15.9 Å². The number of hydrogen-bond acceptors (Lipinski definition) is 5. The zero-order valence-electron chi connectivity index (χ0n) is 16.5. The van der Waals surface area contributed by atoms with Crippen LogP contribution in [0.1, 0.15) is 29.8 Å². The minimum absolute atomic E-state index is 0.231.